The van der Waals surface area contributed by atoms with Crippen LogP contribution in [0, 0.1) is 0 Å². The molecule has 1 aromatic carbocycles. The first kappa shape index (κ1) is 15.5. The Morgan fingerprint density at radius 2 is 2.14 bits per heavy atom. The molecule has 3 rings (SSSR count). The summed E-state index contributed by atoms with van der Waals surface area (Å²) in [5.41, 5.74) is 1.49. The molecule has 2 fully saturated rings. The molecule has 2 aliphatic rings. The predicted molar refractivity (Wildman–Crippen MR) is 90.7 cm³/mol. The molecule has 0 spiro atoms. The highest BCUT2D eigenvalue weighted by Crippen LogP contribution is 2.35. The Labute approximate surface area is 136 Å². The Bertz CT molecular complexity index is 484. The molecule has 116 valence electrons. The summed E-state index contributed by atoms with van der Waals surface area (Å²) in [5, 5.41) is 3.70. The van der Waals surface area contributed by atoms with Crippen LogP contribution in [0.1, 0.15) is 57.4 Å². The van der Waals surface area contributed by atoms with Crippen LogP contribution in [-0.4, -0.2) is 24.3 Å². The van der Waals surface area contributed by atoms with Gasteiger partial charge < -0.3 is 10.1 Å². The molecule has 3 heteroatoms. The Hall–Kier alpha value is -0.380. The van der Waals surface area contributed by atoms with E-state index in [0.29, 0.717) is 12.0 Å². The maximum Gasteiger partial charge on any atom is 0.0631 e. The maximum absolute atomic E-state index is 6.21. The molecule has 0 bridgehead atoms. The fraction of sp³-hybridized carbons (Fsp3) is 0.667. The van der Waals surface area contributed by atoms with E-state index >= 15 is 0 Å². The zero-order chi connectivity index (χ0) is 14.9. The van der Waals surface area contributed by atoms with E-state index in [4.69, 9.17) is 4.74 Å². The standard InChI is InChI=1S/C18H26BrNO/c1-18(2)9-8-17(21-18)11-14(12-20-16-6-7-16)13-4-3-5-15(19)10-13/h3-5,10,14,16-17,20H,6-9,11-12H2,1-2H3. The maximum atomic E-state index is 6.21. The van der Waals surface area contributed by atoms with Crippen molar-refractivity contribution in [2.75, 3.05) is 6.54 Å². The minimum absolute atomic E-state index is 0.0659. The molecule has 1 aromatic rings. The lowest BCUT2D eigenvalue weighted by molar-refractivity contribution is -0.0209. The van der Waals surface area contributed by atoms with Gasteiger partial charge >= 0.3 is 0 Å². The Kier molecular flexibility index (Phi) is 4.72. The lowest BCUT2D eigenvalue weighted by Crippen LogP contribution is -2.27. The molecule has 1 saturated heterocycles. The topological polar surface area (TPSA) is 21.3 Å². The van der Waals surface area contributed by atoms with Crippen LogP contribution < -0.4 is 5.32 Å². The van der Waals surface area contributed by atoms with Gasteiger partial charge in [-0.1, -0.05) is 28.1 Å². The van der Waals surface area contributed by atoms with Gasteiger partial charge in [-0.3, -0.25) is 0 Å². The van der Waals surface area contributed by atoms with Gasteiger partial charge in [-0.2, -0.15) is 0 Å². The molecule has 0 radical (unpaired) electrons. The van der Waals surface area contributed by atoms with Gasteiger partial charge in [-0.25, -0.2) is 0 Å². The fourth-order valence-electron chi connectivity index (χ4n) is 3.26. The SMILES string of the molecule is CC1(C)CCC(CC(CNC2CC2)c2cccc(Br)c2)O1. The second-order valence-electron chi connectivity index (χ2n) is 7.21. The molecule has 2 atom stereocenters. The fourth-order valence-corrected chi connectivity index (χ4v) is 3.67. The van der Waals surface area contributed by atoms with Gasteiger partial charge in [0.15, 0.2) is 0 Å². The number of nitrogens with one attached hydrogen (secondary N) is 1. The highest BCUT2D eigenvalue weighted by atomic mass is 79.9. The van der Waals surface area contributed by atoms with Crippen LogP contribution in [0.25, 0.3) is 0 Å². The van der Waals surface area contributed by atoms with Crippen LogP contribution in [0.4, 0.5) is 0 Å². The molecule has 0 amide bonds. The number of hydrogen-bond donors (Lipinski definition) is 1. The number of rotatable bonds is 6. The van der Waals surface area contributed by atoms with Crippen molar-refractivity contribution in [1.82, 2.24) is 5.32 Å². The van der Waals surface area contributed by atoms with E-state index in [0.717, 1.165) is 19.0 Å². The minimum atomic E-state index is 0.0659. The first-order valence-electron chi connectivity index (χ1n) is 8.18. The largest absolute Gasteiger partial charge is 0.372 e. The van der Waals surface area contributed by atoms with Gasteiger partial charge in [0.2, 0.25) is 0 Å². The number of benzene rings is 1. The summed E-state index contributed by atoms with van der Waals surface area (Å²) in [5.74, 6) is 0.544. The second kappa shape index (κ2) is 6.39. The highest BCUT2D eigenvalue weighted by Gasteiger charge is 2.33. The number of halogens is 1. The third-order valence-corrected chi connectivity index (χ3v) is 5.15. The highest BCUT2D eigenvalue weighted by molar-refractivity contribution is 9.10. The predicted octanol–water partition coefficient (Wildman–Crippen LogP) is 4.63. The smallest absolute Gasteiger partial charge is 0.0631 e. The molecule has 1 N–H and O–H groups in total. The van der Waals surface area contributed by atoms with E-state index in [2.05, 4.69) is 59.4 Å². The molecule has 1 aliphatic carbocycles. The van der Waals surface area contributed by atoms with Gasteiger partial charge in [-0.15, -0.1) is 0 Å². The van der Waals surface area contributed by atoms with Crippen molar-refractivity contribution >= 4 is 15.9 Å². The molecular weight excluding hydrogens is 326 g/mol. The summed E-state index contributed by atoms with van der Waals surface area (Å²) in [4.78, 5) is 0. The van der Waals surface area contributed by atoms with Gasteiger partial charge in [0.1, 0.15) is 0 Å². The number of hydrogen-bond acceptors (Lipinski definition) is 2. The monoisotopic (exact) mass is 351 g/mol. The lowest BCUT2D eigenvalue weighted by atomic mass is 9.91. The quantitative estimate of drug-likeness (QED) is 0.806. The van der Waals surface area contributed by atoms with E-state index in [9.17, 15) is 0 Å². The van der Waals surface area contributed by atoms with Crippen LogP contribution in [0.3, 0.4) is 0 Å². The molecule has 2 nitrogen and oxygen atoms in total. The second-order valence-corrected chi connectivity index (χ2v) is 8.12. The summed E-state index contributed by atoms with van der Waals surface area (Å²) in [7, 11) is 0. The van der Waals surface area contributed by atoms with Crippen molar-refractivity contribution in [3.8, 4) is 0 Å². The van der Waals surface area contributed by atoms with E-state index in [-0.39, 0.29) is 5.60 Å². The first-order chi connectivity index (χ1) is 10.0. The van der Waals surface area contributed by atoms with Crippen LogP contribution in [0.5, 0.6) is 0 Å². The van der Waals surface area contributed by atoms with E-state index < -0.39 is 0 Å². The molecular formula is C18H26BrNO. The van der Waals surface area contributed by atoms with E-state index in [1.54, 1.807) is 0 Å². The average molecular weight is 352 g/mol. The van der Waals surface area contributed by atoms with Gasteiger partial charge in [-0.05, 0) is 69.6 Å². The van der Waals surface area contributed by atoms with Gasteiger partial charge in [0.25, 0.3) is 0 Å². The van der Waals surface area contributed by atoms with Crippen LogP contribution in [0.15, 0.2) is 28.7 Å². The normalized spacial score (nSPS) is 26.0. The van der Waals surface area contributed by atoms with Crippen molar-refractivity contribution in [3.05, 3.63) is 34.3 Å². The third-order valence-electron chi connectivity index (χ3n) is 4.65. The first-order valence-corrected chi connectivity index (χ1v) is 8.98. The molecule has 1 aliphatic heterocycles. The third kappa shape index (κ3) is 4.54. The van der Waals surface area contributed by atoms with Gasteiger partial charge in [0.05, 0.1) is 11.7 Å². The molecule has 2 unspecified atom stereocenters. The Morgan fingerprint density at radius 3 is 2.76 bits per heavy atom. The molecule has 0 aromatic heterocycles. The van der Waals surface area contributed by atoms with E-state index in [1.165, 1.54) is 35.7 Å². The molecule has 1 heterocycles. The van der Waals surface area contributed by atoms with Crippen molar-refractivity contribution < 1.29 is 4.74 Å². The minimum Gasteiger partial charge on any atom is -0.372 e. The summed E-state index contributed by atoms with van der Waals surface area (Å²) in [6.07, 6.45) is 6.60. The summed E-state index contributed by atoms with van der Waals surface area (Å²) in [6.45, 7) is 5.49. The van der Waals surface area contributed by atoms with Crippen LogP contribution >= 0.6 is 15.9 Å². The van der Waals surface area contributed by atoms with Crippen LogP contribution in [0.2, 0.25) is 0 Å². The zero-order valence-corrected chi connectivity index (χ0v) is 14.7. The Morgan fingerprint density at radius 1 is 1.33 bits per heavy atom. The lowest BCUT2D eigenvalue weighted by Gasteiger charge is -2.24. The van der Waals surface area contributed by atoms with Crippen molar-refractivity contribution in [2.45, 2.75) is 69.6 Å². The van der Waals surface area contributed by atoms with Crippen molar-refractivity contribution in [2.24, 2.45) is 0 Å². The average Bonchev–Trinajstić information content (AvgIpc) is 3.19. The van der Waals surface area contributed by atoms with Gasteiger partial charge in [0, 0.05) is 17.1 Å². The molecule has 21 heavy (non-hydrogen) atoms. The summed E-state index contributed by atoms with van der Waals surface area (Å²) < 4.78 is 7.38. The van der Waals surface area contributed by atoms with E-state index in [1.807, 2.05) is 0 Å². The number of ether oxygens (including phenoxy) is 1. The van der Waals surface area contributed by atoms with Crippen molar-refractivity contribution in [1.29, 1.82) is 0 Å². The van der Waals surface area contributed by atoms with Crippen LogP contribution in [-0.2, 0) is 4.74 Å². The van der Waals surface area contributed by atoms with Crippen molar-refractivity contribution in [3.63, 3.8) is 0 Å². The molecule has 1 saturated carbocycles. The zero-order valence-electron chi connectivity index (χ0n) is 13.1. The summed E-state index contributed by atoms with van der Waals surface area (Å²) >= 11 is 3.60. The summed E-state index contributed by atoms with van der Waals surface area (Å²) in [6, 6.07) is 9.52. The Balaban J connectivity index is 1.66.